The van der Waals surface area contributed by atoms with Gasteiger partial charge in [-0.15, -0.1) is 0 Å². The van der Waals surface area contributed by atoms with Gasteiger partial charge >= 0.3 is 0 Å². The predicted molar refractivity (Wildman–Crippen MR) is 116 cm³/mol. The summed E-state index contributed by atoms with van der Waals surface area (Å²) in [5, 5.41) is 2.95. The molecule has 0 fully saturated rings. The van der Waals surface area contributed by atoms with E-state index >= 15 is 0 Å². The van der Waals surface area contributed by atoms with Crippen molar-refractivity contribution >= 4 is 11.8 Å². The highest BCUT2D eigenvalue weighted by Gasteiger charge is 2.29. The van der Waals surface area contributed by atoms with Gasteiger partial charge in [-0.3, -0.25) is 9.59 Å². The molecule has 0 aromatic heterocycles. The van der Waals surface area contributed by atoms with Crippen LogP contribution in [0.4, 0.5) is 0 Å². The Kier molecular flexibility index (Phi) is 8.25. The van der Waals surface area contributed by atoms with Crippen molar-refractivity contribution in [2.45, 2.75) is 59.2 Å². The van der Waals surface area contributed by atoms with E-state index in [1.807, 2.05) is 76.2 Å². The molecule has 2 amide bonds. The lowest BCUT2D eigenvalue weighted by atomic mass is 10.0. The first kappa shape index (κ1) is 22.5. The van der Waals surface area contributed by atoms with Gasteiger partial charge in [-0.25, -0.2) is 0 Å². The molecular weight excluding hydrogens is 364 g/mol. The van der Waals surface area contributed by atoms with Crippen LogP contribution in [-0.4, -0.2) is 35.9 Å². The van der Waals surface area contributed by atoms with Gasteiger partial charge in [-0.2, -0.15) is 0 Å². The quantitative estimate of drug-likeness (QED) is 0.700. The average Bonchev–Trinajstić information content (AvgIpc) is 2.67. The summed E-state index contributed by atoms with van der Waals surface area (Å²) in [6, 6.07) is 15.0. The summed E-state index contributed by atoms with van der Waals surface area (Å²) in [6.45, 7) is 8.14. The van der Waals surface area contributed by atoms with Crippen LogP contribution in [0, 0.1) is 6.92 Å². The van der Waals surface area contributed by atoms with Crippen molar-refractivity contribution in [2.75, 3.05) is 7.11 Å². The van der Waals surface area contributed by atoms with Crippen LogP contribution in [0.2, 0.25) is 0 Å². The first-order chi connectivity index (χ1) is 13.8. The first-order valence-electron chi connectivity index (χ1n) is 10.1. The fraction of sp³-hybridized carbons (Fsp3) is 0.417. The van der Waals surface area contributed by atoms with E-state index in [1.54, 1.807) is 12.0 Å². The average molecular weight is 397 g/mol. The summed E-state index contributed by atoms with van der Waals surface area (Å²) in [7, 11) is 1.62. The second-order valence-corrected chi connectivity index (χ2v) is 7.63. The number of aryl methyl sites for hydroxylation is 1. The van der Waals surface area contributed by atoms with E-state index < -0.39 is 6.04 Å². The van der Waals surface area contributed by atoms with Crippen molar-refractivity contribution in [1.82, 2.24) is 10.2 Å². The number of methoxy groups -OCH3 is 1. The highest BCUT2D eigenvalue weighted by molar-refractivity contribution is 5.88. The van der Waals surface area contributed by atoms with Gasteiger partial charge in [0.15, 0.2) is 0 Å². The Hall–Kier alpha value is -2.82. The number of nitrogens with zero attached hydrogens (tertiary/aromatic N) is 1. The van der Waals surface area contributed by atoms with Crippen LogP contribution >= 0.6 is 0 Å². The number of carbonyl (C=O) groups is 2. The SMILES string of the molecule is CC[C@H](C(=O)NC(C)C)N(Cc1cccc(OC)c1)C(=O)Cc1cccc(C)c1. The van der Waals surface area contributed by atoms with E-state index in [2.05, 4.69) is 5.32 Å². The van der Waals surface area contributed by atoms with Crippen LogP contribution in [0.3, 0.4) is 0 Å². The maximum atomic E-state index is 13.3. The third kappa shape index (κ3) is 6.63. The van der Waals surface area contributed by atoms with Gasteiger partial charge in [0, 0.05) is 12.6 Å². The summed E-state index contributed by atoms with van der Waals surface area (Å²) >= 11 is 0. The summed E-state index contributed by atoms with van der Waals surface area (Å²) < 4.78 is 5.31. The number of hydrogen-bond acceptors (Lipinski definition) is 3. The molecule has 2 aromatic rings. The monoisotopic (exact) mass is 396 g/mol. The van der Waals surface area contributed by atoms with Crippen LogP contribution in [0.5, 0.6) is 5.75 Å². The molecule has 0 saturated carbocycles. The van der Waals surface area contributed by atoms with E-state index in [0.717, 1.165) is 22.4 Å². The predicted octanol–water partition coefficient (Wildman–Crippen LogP) is 3.88. The Morgan fingerprint density at radius 1 is 1.07 bits per heavy atom. The number of rotatable bonds is 9. The fourth-order valence-electron chi connectivity index (χ4n) is 3.37. The maximum Gasteiger partial charge on any atom is 0.243 e. The highest BCUT2D eigenvalue weighted by atomic mass is 16.5. The van der Waals surface area contributed by atoms with E-state index in [0.29, 0.717) is 13.0 Å². The van der Waals surface area contributed by atoms with Crippen molar-refractivity contribution in [2.24, 2.45) is 0 Å². The zero-order valence-corrected chi connectivity index (χ0v) is 18.1. The molecule has 156 valence electrons. The van der Waals surface area contributed by atoms with Gasteiger partial charge in [-0.1, -0.05) is 48.9 Å². The molecule has 5 nitrogen and oxygen atoms in total. The van der Waals surface area contributed by atoms with Crippen molar-refractivity contribution in [3.8, 4) is 5.75 Å². The molecule has 5 heteroatoms. The van der Waals surface area contributed by atoms with Crippen molar-refractivity contribution in [3.63, 3.8) is 0 Å². The largest absolute Gasteiger partial charge is 0.497 e. The number of ether oxygens (including phenoxy) is 1. The molecule has 1 N–H and O–H groups in total. The van der Waals surface area contributed by atoms with E-state index in [4.69, 9.17) is 4.74 Å². The minimum absolute atomic E-state index is 0.0158. The lowest BCUT2D eigenvalue weighted by Crippen LogP contribution is -2.50. The number of carbonyl (C=O) groups excluding carboxylic acids is 2. The fourth-order valence-corrected chi connectivity index (χ4v) is 3.37. The Balaban J connectivity index is 2.31. The molecule has 0 aliphatic rings. The number of benzene rings is 2. The molecule has 0 spiro atoms. The van der Waals surface area contributed by atoms with Crippen molar-refractivity contribution < 1.29 is 14.3 Å². The first-order valence-corrected chi connectivity index (χ1v) is 10.1. The normalized spacial score (nSPS) is 11.8. The summed E-state index contributed by atoms with van der Waals surface area (Å²) in [6.07, 6.45) is 0.805. The number of amides is 2. The summed E-state index contributed by atoms with van der Waals surface area (Å²) in [5.74, 6) is 0.542. The van der Waals surface area contributed by atoms with Crippen molar-refractivity contribution in [3.05, 3.63) is 65.2 Å². The minimum Gasteiger partial charge on any atom is -0.497 e. The summed E-state index contributed by atoms with van der Waals surface area (Å²) in [4.78, 5) is 27.8. The van der Waals surface area contributed by atoms with E-state index in [1.165, 1.54) is 0 Å². The lowest BCUT2D eigenvalue weighted by molar-refractivity contribution is -0.141. The molecule has 2 rings (SSSR count). The highest BCUT2D eigenvalue weighted by Crippen LogP contribution is 2.18. The molecule has 29 heavy (non-hydrogen) atoms. The molecule has 0 aliphatic heterocycles. The van der Waals surface area contributed by atoms with Gasteiger partial charge < -0.3 is 15.0 Å². The number of hydrogen-bond donors (Lipinski definition) is 1. The van der Waals surface area contributed by atoms with Crippen LogP contribution in [0.25, 0.3) is 0 Å². The summed E-state index contributed by atoms with van der Waals surface area (Å²) in [5.41, 5.74) is 2.99. The Morgan fingerprint density at radius 2 is 1.76 bits per heavy atom. The molecule has 2 aromatic carbocycles. The van der Waals surface area contributed by atoms with Gasteiger partial charge in [0.1, 0.15) is 11.8 Å². The molecule has 0 heterocycles. The Labute approximate surface area is 174 Å². The zero-order chi connectivity index (χ0) is 21.4. The van der Waals surface area contributed by atoms with Crippen LogP contribution in [0.1, 0.15) is 43.9 Å². The topological polar surface area (TPSA) is 58.6 Å². The van der Waals surface area contributed by atoms with Crippen LogP contribution in [-0.2, 0) is 22.6 Å². The van der Waals surface area contributed by atoms with Crippen LogP contribution < -0.4 is 10.1 Å². The Morgan fingerprint density at radius 3 is 2.38 bits per heavy atom. The van der Waals surface area contributed by atoms with Crippen LogP contribution in [0.15, 0.2) is 48.5 Å². The molecular formula is C24H32N2O3. The van der Waals surface area contributed by atoms with Gasteiger partial charge in [-0.05, 0) is 50.5 Å². The van der Waals surface area contributed by atoms with Gasteiger partial charge in [0.2, 0.25) is 11.8 Å². The maximum absolute atomic E-state index is 13.3. The number of nitrogens with one attached hydrogen (secondary N) is 1. The molecule has 0 bridgehead atoms. The van der Waals surface area contributed by atoms with Gasteiger partial charge in [0.05, 0.1) is 13.5 Å². The molecule has 1 atom stereocenters. The Bertz CT molecular complexity index is 832. The molecule has 0 saturated heterocycles. The second-order valence-electron chi connectivity index (χ2n) is 7.63. The standard InChI is InChI=1S/C24H32N2O3/c1-6-22(24(28)25-17(2)3)26(16-20-11-8-12-21(14-20)29-5)23(27)15-19-10-7-9-18(4)13-19/h7-14,17,22H,6,15-16H2,1-5H3,(H,25,28)/t22-/m1/s1. The minimum atomic E-state index is -0.527. The molecule has 0 aliphatic carbocycles. The third-order valence-corrected chi connectivity index (χ3v) is 4.74. The van der Waals surface area contributed by atoms with Crippen molar-refractivity contribution in [1.29, 1.82) is 0 Å². The zero-order valence-electron chi connectivity index (χ0n) is 18.1. The molecule has 0 radical (unpaired) electrons. The molecule has 0 unspecified atom stereocenters. The van der Waals surface area contributed by atoms with E-state index in [9.17, 15) is 9.59 Å². The smallest absolute Gasteiger partial charge is 0.243 e. The lowest BCUT2D eigenvalue weighted by Gasteiger charge is -2.31. The van der Waals surface area contributed by atoms with E-state index in [-0.39, 0.29) is 24.3 Å². The second kappa shape index (κ2) is 10.6. The van der Waals surface area contributed by atoms with Gasteiger partial charge in [0.25, 0.3) is 0 Å². The third-order valence-electron chi connectivity index (χ3n) is 4.74.